The zero-order valence-electron chi connectivity index (χ0n) is 14.0. The molecule has 0 heterocycles. The maximum atomic E-state index is 10.3. The second-order valence-electron chi connectivity index (χ2n) is 5.91. The molecule has 0 unspecified atom stereocenters. The monoisotopic (exact) mass is 405 g/mol. The van der Waals surface area contributed by atoms with E-state index in [2.05, 4.69) is 19.1 Å². The third-order valence-corrected chi connectivity index (χ3v) is 3.73. The molecule has 0 aliphatic rings. The normalized spacial score (nSPS) is 12.3. The predicted octanol–water partition coefficient (Wildman–Crippen LogP) is 5.08. The number of unbranched alkanes of at least 4 members (excludes halogenated alkanes) is 8. The smallest absolute Gasteiger partial charge is 0.303 e. The van der Waals surface area contributed by atoms with Gasteiger partial charge in [0.2, 0.25) is 0 Å². The third-order valence-electron chi connectivity index (χ3n) is 3.73. The van der Waals surface area contributed by atoms with E-state index in [1.165, 1.54) is 25.7 Å². The van der Waals surface area contributed by atoms with Gasteiger partial charge in [-0.05, 0) is 32.1 Å². The number of aliphatic carboxylic acids is 1. The Labute approximate surface area is 152 Å². The minimum atomic E-state index is -0.689. The van der Waals surface area contributed by atoms with Crippen molar-refractivity contribution in [2.75, 3.05) is 0 Å². The van der Waals surface area contributed by atoms with Crippen molar-refractivity contribution in [2.24, 2.45) is 0 Å². The molecule has 3 nitrogen and oxygen atoms in total. The molecule has 0 aromatic heterocycles. The van der Waals surface area contributed by atoms with Crippen LogP contribution in [-0.4, -0.2) is 22.3 Å². The number of carbonyl (C=O) groups is 1. The molecule has 0 aliphatic heterocycles. The number of allylic oxidation sites excluding steroid dienone is 1. The maximum absolute atomic E-state index is 10.3. The Morgan fingerprint density at radius 1 is 0.955 bits per heavy atom. The number of carboxylic acids is 1. The van der Waals surface area contributed by atoms with Crippen molar-refractivity contribution in [2.45, 2.75) is 96.5 Å². The van der Waals surface area contributed by atoms with E-state index < -0.39 is 5.97 Å². The molecule has 0 aromatic rings. The van der Waals surface area contributed by atoms with Gasteiger partial charge in [0.15, 0.2) is 0 Å². The molecule has 1 atom stereocenters. The van der Waals surface area contributed by atoms with Gasteiger partial charge in [-0.2, -0.15) is 0 Å². The van der Waals surface area contributed by atoms with E-state index in [1.54, 1.807) is 0 Å². The van der Waals surface area contributed by atoms with E-state index in [0.717, 1.165) is 51.4 Å². The summed E-state index contributed by atoms with van der Waals surface area (Å²) in [7, 11) is 0. The molecule has 0 amide bonds. The fourth-order valence-corrected chi connectivity index (χ4v) is 2.36. The van der Waals surface area contributed by atoms with Gasteiger partial charge in [0.1, 0.15) is 0 Å². The summed E-state index contributed by atoms with van der Waals surface area (Å²) in [5.41, 5.74) is 0. The minimum absolute atomic E-state index is 0. The van der Waals surface area contributed by atoms with Crippen LogP contribution in [0.4, 0.5) is 0 Å². The predicted molar refractivity (Wildman–Crippen MR) is 88.5 cm³/mol. The molecule has 0 fully saturated rings. The first-order chi connectivity index (χ1) is 10.2. The summed E-state index contributed by atoms with van der Waals surface area (Å²) in [6.07, 6.45) is 17.4. The Kier molecular flexibility index (Phi) is 20.8. The van der Waals surface area contributed by atoms with Crippen LogP contribution >= 0.6 is 0 Å². The molecule has 22 heavy (non-hydrogen) atoms. The van der Waals surface area contributed by atoms with Gasteiger partial charge in [0.05, 0.1) is 6.10 Å². The Hall–Kier alpha value is -0.0897. The molecular formula is C18H34AgO3. The number of aliphatic hydroxyl groups is 1. The van der Waals surface area contributed by atoms with Gasteiger partial charge >= 0.3 is 5.97 Å². The number of rotatable bonds is 15. The van der Waals surface area contributed by atoms with Crippen molar-refractivity contribution >= 4 is 5.97 Å². The number of hydrogen-bond donors (Lipinski definition) is 2. The third kappa shape index (κ3) is 19.9. The average molecular weight is 406 g/mol. The van der Waals surface area contributed by atoms with Crippen LogP contribution in [-0.2, 0) is 27.2 Å². The van der Waals surface area contributed by atoms with Crippen molar-refractivity contribution in [3.63, 3.8) is 0 Å². The second-order valence-corrected chi connectivity index (χ2v) is 5.91. The molecule has 0 rings (SSSR count). The molecular weight excluding hydrogens is 372 g/mol. The van der Waals surface area contributed by atoms with E-state index in [0.29, 0.717) is 6.42 Å². The topological polar surface area (TPSA) is 57.5 Å². The molecule has 135 valence electrons. The van der Waals surface area contributed by atoms with Crippen LogP contribution in [0.3, 0.4) is 0 Å². The summed E-state index contributed by atoms with van der Waals surface area (Å²) < 4.78 is 0. The standard InChI is InChI=1S/C18H34O3.Ag/c1-2-3-4-11-14-17(19)15-12-9-7-5-6-8-10-13-16-18(20)21;/h9,12,17,19H,2-8,10-11,13-16H2,1H3,(H,20,21);/b12-9-;/t17-;/m1./s1. The van der Waals surface area contributed by atoms with E-state index in [9.17, 15) is 9.90 Å². The van der Waals surface area contributed by atoms with Gasteiger partial charge in [-0.15, -0.1) is 0 Å². The SMILES string of the molecule is CCCCCC[C@@H](O)C/C=C\CCCCCCCC(=O)O.[Ag]. The summed E-state index contributed by atoms with van der Waals surface area (Å²) in [5, 5.41) is 18.3. The van der Waals surface area contributed by atoms with Crippen LogP contribution in [0.2, 0.25) is 0 Å². The Morgan fingerprint density at radius 3 is 2.27 bits per heavy atom. The largest absolute Gasteiger partial charge is 0.481 e. The zero-order chi connectivity index (χ0) is 15.8. The summed E-state index contributed by atoms with van der Waals surface area (Å²) in [5.74, 6) is -0.689. The van der Waals surface area contributed by atoms with Crippen LogP contribution in [0, 0.1) is 0 Å². The quantitative estimate of drug-likeness (QED) is 0.227. The van der Waals surface area contributed by atoms with E-state index in [4.69, 9.17) is 5.11 Å². The Bertz CT molecular complexity index is 267. The summed E-state index contributed by atoms with van der Waals surface area (Å²) in [6, 6.07) is 0. The van der Waals surface area contributed by atoms with Crippen LogP contribution in [0.1, 0.15) is 90.4 Å². The summed E-state index contributed by atoms with van der Waals surface area (Å²) in [6.45, 7) is 2.20. The van der Waals surface area contributed by atoms with Crippen molar-refractivity contribution in [1.82, 2.24) is 0 Å². The Balaban J connectivity index is 0. The maximum Gasteiger partial charge on any atom is 0.303 e. The van der Waals surface area contributed by atoms with Gasteiger partial charge < -0.3 is 10.2 Å². The van der Waals surface area contributed by atoms with E-state index >= 15 is 0 Å². The Morgan fingerprint density at radius 2 is 1.59 bits per heavy atom. The van der Waals surface area contributed by atoms with Gasteiger partial charge in [0, 0.05) is 28.8 Å². The summed E-state index contributed by atoms with van der Waals surface area (Å²) >= 11 is 0. The van der Waals surface area contributed by atoms with Gasteiger partial charge in [-0.25, -0.2) is 0 Å². The molecule has 0 bridgehead atoms. The first-order valence-electron chi connectivity index (χ1n) is 8.71. The molecule has 0 spiro atoms. The van der Waals surface area contributed by atoms with Gasteiger partial charge in [0.25, 0.3) is 0 Å². The first kappa shape index (κ1) is 24.2. The van der Waals surface area contributed by atoms with Crippen LogP contribution in [0.25, 0.3) is 0 Å². The average Bonchev–Trinajstić information content (AvgIpc) is 2.45. The van der Waals surface area contributed by atoms with Crippen molar-refractivity contribution in [3.8, 4) is 0 Å². The second kappa shape index (κ2) is 19.0. The van der Waals surface area contributed by atoms with Crippen LogP contribution in [0.5, 0.6) is 0 Å². The van der Waals surface area contributed by atoms with Crippen molar-refractivity contribution in [3.05, 3.63) is 12.2 Å². The van der Waals surface area contributed by atoms with Gasteiger partial charge in [-0.1, -0.05) is 64.0 Å². The molecule has 4 heteroatoms. The van der Waals surface area contributed by atoms with Crippen molar-refractivity contribution < 1.29 is 37.4 Å². The molecule has 0 aromatic carbocycles. The molecule has 0 saturated carbocycles. The number of carboxylic acid groups (broad SMARTS) is 1. The van der Waals surface area contributed by atoms with Crippen LogP contribution in [0.15, 0.2) is 12.2 Å². The summed E-state index contributed by atoms with van der Waals surface area (Å²) in [4.78, 5) is 10.3. The van der Waals surface area contributed by atoms with Crippen molar-refractivity contribution in [1.29, 1.82) is 0 Å². The molecule has 2 N–H and O–H groups in total. The zero-order valence-corrected chi connectivity index (χ0v) is 15.5. The van der Waals surface area contributed by atoms with E-state index in [1.807, 2.05) is 0 Å². The van der Waals surface area contributed by atoms with E-state index in [-0.39, 0.29) is 28.5 Å². The molecule has 1 radical (unpaired) electrons. The fourth-order valence-electron chi connectivity index (χ4n) is 2.36. The van der Waals surface area contributed by atoms with Crippen LogP contribution < -0.4 is 0 Å². The minimum Gasteiger partial charge on any atom is -0.481 e. The van der Waals surface area contributed by atoms with Gasteiger partial charge in [-0.3, -0.25) is 4.79 Å². The first-order valence-corrected chi connectivity index (χ1v) is 8.71. The number of hydrogen-bond acceptors (Lipinski definition) is 2. The molecule has 0 saturated heterocycles. The fraction of sp³-hybridized carbons (Fsp3) is 0.833. The molecule has 0 aliphatic carbocycles. The number of aliphatic hydroxyl groups excluding tert-OH is 1.